The molecule has 0 spiro atoms. The van der Waals surface area contributed by atoms with Crippen molar-refractivity contribution in [3.05, 3.63) is 65.6 Å². The van der Waals surface area contributed by atoms with Crippen LogP contribution in [0.2, 0.25) is 0 Å². The number of aromatic nitrogens is 5. The zero-order valence-electron chi connectivity index (χ0n) is 20.3. The molecular formula is C24H31N7O4. The first-order valence-corrected chi connectivity index (χ1v) is 11.5. The number of benzene rings is 1. The van der Waals surface area contributed by atoms with Crippen LogP contribution in [0, 0.1) is 0 Å². The molecule has 0 radical (unpaired) electrons. The minimum atomic E-state index is -0.226. The maximum Gasteiger partial charge on any atom is 0.225 e. The average molecular weight is 482 g/mol. The minimum absolute atomic E-state index is 0.0971. The van der Waals surface area contributed by atoms with Crippen molar-refractivity contribution in [2.24, 2.45) is 12.2 Å². The monoisotopic (exact) mass is 481 g/mol. The summed E-state index contributed by atoms with van der Waals surface area (Å²) in [6, 6.07) is 14.9. The number of hydrogen-bond donors (Lipinski definition) is 1. The number of methoxy groups -OCH3 is 1. The van der Waals surface area contributed by atoms with Gasteiger partial charge in [-0.05, 0) is 48.7 Å². The summed E-state index contributed by atoms with van der Waals surface area (Å²) in [4.78, 5) is 22.3. The lowest BCUT2D eigenvalue weighted by Gasteiger charge is -2.14. The van der Waals surface area contributed by atoms with Gasteiger partial charge in [-0.2, -0.15) is 0 Å². The average Bonchev–Trinajstić information content (AvgIpc) is 3.30. The second-order valence-corrected chi connectivity index (χ2v) is 7.63. The van der Waals surface area contributed by atoms with E-state index in [0.29, 0.717) is 36.1 Å². The van der Waals surface area contributed by atoms with Crippen molar-refractivity contribution in [2.75, 3.05) is 19.0 Å². The van der Waals surface area contributed by atoms with E-state index in [0.717, 1.165) is 24.8 Å². The molecule has 0 fully saturated rings. The molecule has 35 heavy (non-hydrogen) atoms. The van der Waals surface area contributed by atoms with E-state index in [-0.39, 0.29) is 18.8 Å². The lowest BCUT2D eigenvalue weighted by molar-refractivity contribution is -0.125. The van der Waals surface area contributed by atoms with E-state index in [9.17, 15) is 4.79 Å². The Labute approximate surface area is 204 Å². The molecule has 1 unspecified atom stereocenters. The molecule has 1 amide bonds. The molecule has 0 bridgehead atoms. The smallest absolute Gasteiger partial charge is 0.225 e. The predicted octanol–water partition coefficient (Wildman–Crippen LogP) is 3.08. The summed E-state index contributed by atoms with van der Waals surface area (Å²) in [5, 5.41) is 18.7. The zero-order chi connectivity index (χ0) is 24.9. The van der Waals surface area contributed by atoms with Crippen LogP contribution in [0.3, 0.4) is 0 Å². The first kappa shape index (κ1) is 25.9. The minimum Gasteiger partial charge on any atom is -0.389 e. The van der Waals surface area contributed by atoms with Gasteiger partial charge in [-0.3, -0.25) is 4.79 Å². The molecule has 0 aliphatic rings. The Morgan fingerprint density at radius 2 is 1.97 bits per heavy atom. The number of rotatable bonds is 14. The lowest BCUT2D eigenvalue weighted by atomic mass is 10.1. The summed E-state index contributed by atoms with van der Waals surface area (Å²) >= 11 is 0. The van der Waals surface area contributed by atoms with Crippen molar-refractivity contribution in [1.29, 1.82) is 0 Å². The molecule has 11 heteroatoms. The number of hydrogen-bond acceptors (Lipinski definition) is 9. The van der Waals surface area contributed by atoms with Crippen molar-refractivity contribution >= 4 is 17.4 Å². The standard InChI is InChI=1S/C24H31N7O4/c1-4-34-22(33-3)16-9-8-15-21(32)26-20-14-10-13-19(25-20)17-35-28-23(18-11-6-5-7-12-18)24-27-29-30-31(24)2/h5-7,10-14,22H,4,8-9,15-17H2,1-3H3,(H,25,26,32). The molecule has 0 saturated heterocycles. The van der Waals surface area contributed by atoms with Crippen LogP contribution >= 0.6 is 0 Å². The van der Waals surface area contributed by atoms with Crippen LogP contribution in [0.25, 0.3) is 0 Å². The number of anilines is 1. The maximum absolute atomic E-state index is 12.3. The summed E-state index contributed by atoms with van der Waals surface area (Å²) < 4.78 is 12.2. The van der Waals surface area contributed by atoms with Gasteiger partial charge in [-0.15, -0.1) is 5.10 Å². The summed E-state index contributed by atoms with van der Waals surface area (Å²) in [7, 11) is 3.35. The van der Waals surface area contributed by atoms with Gasteiger partial charge in [0.25, 0.3) is 0 Å². The summed E-state index contributed by atoms with van der Waals surface area (Å²) in [5.74, 6) is 0.841. The molecule has 3 rings (SSSR count). The van der Waals surface area contributed by atoms with Crippen molar-refractivity contribution in [3.8, 4) is 0 Å². The zero-order valence-corrected chi connectivity index (χ0v) is 20.3. The second-order valence-electron chi connectivity index (χ2n) is 7.63. The van der Waals surface area contributed by atoms with Crippen LogP contribution in [0.15, 0.2) is 53.7 Å². The van der Waals surface area contributed by atoms with Crippen molar-refractivity contribution in [3.63, 3.8) is 0 Å². The number of ether oxygens (including phenoxy) is 2. The van der Waals surface area contributed by atoms with Gasteiger partial charge >= 0.3 is 0 Å². The number of aryl methyl sites for hydroxylation is 1. The van der Waals surface area contributed by atoms with Gasteiger partial charge in [0.2, 0.25) is 11.7 Å². The highest BCUT2D eigenvalue weighted by atomic mass is 16.7. The Morgan fingerprint density at radius 1 is 1.14 bits per heavy atom. The third-order valence-electron chi connectivity index (χ3n) is 5.03. The van der Waals surface area contributed by atoms with Crippen LogP contribution in [-0.4, -0.2) is 56.8 Å². The number of amides is 1. The van der Waals surface area contributed by atoms with Gasteiger partial charge in [-0.25, -0.2) is 9.67 Å². The van der Waals surface area contributed by atoms with E-state index in [1.54, 1.807) is 32.4 Å². The van der Waals surface area contributed by atoms with E-state index in [1.165, 1.54) is 4.68 Å². The Balaban J connectivity index is 1.53. The molecule has 0 saturated carbocycles. The summed E-state index contributed by atoms with van der Waals surface area (Å²) in [6.45, 7) is 2.64. The van der Waals surface area contributed by atoms with Gasteiger partial charge < -0.3 is 19.6 Å². The molecule has 1 aromatic carbocycles. The van der Waals surface area contributed by atoms with E-state index < -0.39 is 0 Å². The molecule has 2 heterocycles. The predicted molar refractivity (Wildman–Crippen MR) is 129 cm³/mol. The number of unbranched alkanes of at least 4 members (excludes halogenated alkanes) is 1. The van der Waals surface area contributed by atoms with Gasteiger partial charge in [-0.1, -0.05) is 41.6 Å². The van der Waals surface area contributed by atoms with Crippen LogP contribution in [0.1, 0.15) is 49.7 Å². The largest absolute Gasteiger partial charge is 0.389 e. The molecule has 0 aliphatic carbocycles. The van der Waals surface area contributed by atoms with Crippen molar-refractivity contribution in [2.45, 2.75) is 45.5 Å². The number of pyridine rings is 1. The first-order valence-electron chi connectivity index (χ1n) is 11.5. The SMILES string of the molecule is CCOC(CCCCC(=O)Nc1cccc(CON=C(c2ccccc2)c2nnnn2C)n1)OC. The van der Waals surface area contributed by atoms with E-state index in [4.69, 9.17) is 14.3 Å². The highest BCUT2D eigenvalue weighted by Crippen LogP contribution is 2.12. The highest BCUT2D eigenvalue weighted by molar-refractivity contribution is 6.10. The molecule has 1 atom stereocenters. The van der Waals surface area contributed by atoms with Crippen LogP contribution in [0.5, 0.6) is 0 Å². The van der Waals surface area contributed by atoms with Crippen LogP contribution in [-0.2, 0) is 32.8 Å². The number of nitrogens with zero attached hydrogens (tertiary/aromatic N) is 6. The lowest BCUT2D eigenvalue weighted by Crippen LogP contribution is -2.16. The number of carbonyl (C=O) groups is 1. The number of nitrogens with one attached hydrogen (secondary N) is 1. The quantitative estimate of drug-likeness (QED) is 0.161. The van der Waals surface area contributed by atoms with Crippen molar-refractivity contribution in [1.82, 2.24) is 25.2 Å². The fraction of sp³-hybridized carbons (Fsp3) is 0.417. The van der Waals surface area contributed by atoms with Gasteiger partial charge in [0.15, 0.2) is 18.6 Å². The fourth-order valence-corrected chi connectivity index (χ4v) is 3.30. The molecule has 2 aromatic heterocycles. The van der Waals surface area contributed by atoms with E-state index in [1.807, 2.05) is 37.3 Å². The Bertz CT molecular complexity index is 1090. The van der Waals surface area contributed by atoms with E-state index >= 15 is 0 Å². The van der Waals surface area contributed by atoms with Crippen LogP contribution < -0.4 is 5.32 Å². The van der Waals surface area contributed by atoms with Gasteiger partial charge in [0, 0.05) is 32.7 Å². The number of tetrazole rings is 1. The first-order chi connectivity index (χ1) is 17.1. The Kier molecular flexibility index (Phi) is 10.3. The molecule has 3 aromatic rings. The summed E-state index contributed by atoms with van der Waals surface area (Å²) in [5.41, 5.74) is 1.94. The third kappa shape index (κ3) is 8.23. The third-order valence-corrected chi connectivity index (χ3v) is 5.03. The van der Waals surface area contributed by atoms with Gasteiger partial charge in [0.05, 0.1) is 5.69 Å². The van der Waals surface area contributed by atoms with E-state index in [2.05, 4.69) is 31.0 Å². The number of carbonyl (C=O) groups excluding carboxylic acids is 1. The fourth-order valence-electron chi connectivity index (χ4n) is 3.30. The molecule has 1 N–H and O–H groups in total. The molecule has 0 aliphatic heterocycles. The number of oxime groups is 1. The van der Waals surface area contributed by atoms with Gasteiger partial charge in [0.1, 0.15) is 5.82 Å². The van der Waals surface area contributed by atoms with Crippen LogP contribution in [0.4, 0.5) is 5.82 Å². The molecule has 11 nitrogen and oxygen atoms in total. The Morgan fingerprint density at radius 3 is 2.69 bits per heavy atom. The molecule has 186 valence electrons. The maximum atomic E-state index is 12.3. The molecular weight excluding hydrogens is 450 g/mol. The normalized spacial score (nSPS) is 12.4. The Hall–Kier alpha value is -3.70. The highest BCUT2D eigenvalue weighted by Gasteiger charge is 2.15. The van der Waals surface area contributed by atoms with Crippen molar-refractivity contribution < 1.29 is 19.1 Å². The summed E-state index contributed by atoms with van der Waals surface area (Å²) in [6.07, 6.45) is 2.47. The topological polar surface area (TPSA) is 126 Å². The second kappa shape index (κ2) is 13.9.